The van der Waals surface area contributed by atoms with Gasteiger partial charge >= 0.3 is 0 Å². The first-order valence-electron chi connectivity index (χ1n) is 10.5. The average Bonchev–Trinajstić information content (AvgIpc) is 3.13. The number of nitrogens with one attached hydrogen (secondary N) is 2. The molecule has 30 heavy (non-hydrogen) atoms. The molecule has 5 rings (SSSR count). The van der Waals surface area contributed by atoms with Gasteiger partial charge in [0.2, 0.25) is 0 Å². The van der Waals surface area contributed by atoms with Crippen molar-refractivity contribution < 1.29 is 4.74 Å². The fourth-order valence-corrected chi connectivity index (χ4v) is 4.20. The summed E-state index contributed by atoms with van der Waals surface area (Å²) in [5.74, 6) is 1.47. The van der Waals surface area contributed by atoms with Crippen LogP contribution < -0.4 is 15.6 Å². The van der Waals surface area contributed by atoms with Crippen LogP contribution in [-0.2, 0) is 13.1 Å². The Morgan fingerprint density at radius 1 is 1.20 bits per heavy atom. The van der Waals surface area contributed by atoms with Gasteiger partial charge in [0.05, 0.1) is 25.2 Å². The average molecular weight is 402 g/mol. The first-order chi connectivity index (χ1) is 14.7. The van der Waals surface area contributed by atoms with Gasteiger partial charge in [-0.3, -0.25) is 9.78 Å². The minimum absolute atomic E-state index is 0.0635. The number of hydrogen-bond donors (Lipinski definition) is 2. The first-order valence-corrected chi connectivity index (χ1v) is 10.5. The Morgan fingerprint density at radius 2 is 2.10 bits per heavy atom. The molecule has 0 saturated heterocycles. The predicted octanol–water partition coefficient (Wildman–Crippen LogP) is 3.82. The zero-order valence-corrected chi connectivity index (χ0v) is 17.1. The third-order valence-corrected chi connectivity index (χ3v) is 6.15. The van der Waals surface area contributed by atoms with Crippen LogP contribution in [0.15, 0.2) is 53.7 Å². The van der Waals surface area contributed by atoms with Crippen molar-refractivity contribution in [2.24, 2.45) is 5.92 Å². The van der Waals surface area contributed by atoms with Crippen molar-refractivity contribution in [3.05, 3.63) is 70.5 Å². The summed E-state index contributed by atoms with van der Waals surface area (Å²) >= 11 is 0. The molecule has 3 heterocycles. The molecule has 4 aromatic rings. The molecular formula is C24H26N4O2. The van der Waals surface area contributed by atoms with Crippen molar-refractivity contribution in [3.63, 3.8) is 0 Å². The summed E-state index contributed by atoms with van der Waals surface area (Å²) in [6.07, 6.45) is 9.16. The van der Waals surface area contributed by atoms with Gasteiger partial charge in [0.15, 0.2) is 0 Å². The van der Waals surface area contributed by atoms with Gasteiger partial charge in [-0.15, -0.1) is 0 Å². The first kappa shape index (κ1) is 18.9. The van der Waals surface area contributed by atoms with E-state index >= 15 is 0 Å². The molecule has 0 aliphatic heterocycles. The maximum atomic E-state index is 12.9. The van der Waals surface area contributed by atoms with Crippen molar-refractivity contribution in [1.29, 1.82) is 0 Å². The second-order valence-corrected chi connectivity index (χ2v) is 8.20. The second kappa shape index (κ2) is 7.95. The number of benzene rings is 1. The lowest BCUT2D eigenvalue weighted by Gasteiger charge is -2.25. The quantitative estimate of drug-likeness (QED) is 0.493. The zero-order valence-electron chi connectivity index (χ0n) is 17.1. The van der Waals surface area contributed by atoms with E-state index in [4.69, 9.17) is 4.74 Å². The number of aromatic nitrogens is 3. The monoisotopic (exact) mass is 402 g/mol. The van der Waals surface area contributed by atoms with Crippen molar-refractivity contribution in [2.45, 2.75) is 32.4 Å². The summed E-state index contributed by atoms with van der Waals surface area (Å²) in [5.41, 5.74) is 3.31. The molecule has 154 valence electrons. The van der Waals surface area contributed by atoms with Gasteiger partial charge in [0, 0.05) is 35.5 Å². The highest BCUT2D eigenvalue weighted by molar-refractivity contribution is 5.86. The van der Waals surface area contributed by atoms with Crippen LogP contribution in [0.1, 0.15) is 30.5 Å². The van der Waals surface area contributed by atoms with E-state index in [0.717, 1.165) is 35.5 Å². The maximum absolute atomic E-state index is 12.9. The highest BCUT2D eigenvalue weighted by atomic mass is 16.5. The summed E-state index contributed by atoms with van der Waals surface area (Å²) in [6.45, 7) is 2.47. The molecule has 0 bridgehead atoms. The molecule has 2 N–H and O–H groups in total. The highest BCUT2D eigenvalue weighted by Gasteiger charge is 2.16. The number of H-pyrrole nitrogens is 1. The van der Waals surface area contributed by atoms with Gasteiger partial charge in [-0.2, -0.15) is 0 Å². The summed E-state index contributed by atoms with van der Waals surface area (Å²) in [5, 5.41) is 6.11. The molecule has 1 aliphatic rings. The molecule has 1 aromatic carbocycles. The fourth-order valence-electron chi connectivity index (χ4n) is 4.20. The topological polar surface area (TPSA) is 71.9 Å². The smallest absolute Gasteiger partial charge is 0.260 e. The van der Waals surface area contributed by atoms with E-state index in [-0.39, 0.29) is 5.56 Å². The van der Waals surface area contributed by atoms with Crippen molar-refractivity contribution in [2.75, 3.05) is 13.7 Å². The van der Waals surface area contributed by atoms with Crippen molar-refractivity contribution in [1.82, 2.24) is 19.9 Å². The van der Waals surface area contributed by atoms with E-state index in [1.54, 1.807) is 24.1 Å². The number of ether oxygens (including phenoxy) is 1. The molecular weight excluding hydrogens is 376 g/mol. The van der Waals surface area contributed by atoms with E-state index in [1.165, 1.54) is 30.3 Å². The Balaban J connectivity index is 1.36. The van der Waals surface area contributed by atoms with Gasteiger partial charge in [0.25, 0.3) is 5.56 Å². The van der Waals surface area contributed by atoms with Gasteiger partial charge in [-0.25, -0.2) is 0 Å². The van der Waals surface area contributed by atoms with E-state index < -0.39 is 0 Å². The Labute approximate surface area is 174 Å². The maximum Gasteiger partial charge on any atom is 0.260 e. The van der Waals surface area contributed by atoms with Crippen LogP contribution in [0.4, 0.5) is 0 Å². The Hall–Kier alpha value is -3.12. The van der Waals surface area contributed by atoms with Crippen LogP contribution in [0.5, 0.6) is 5.75 Å². The van der Waals surface area contributed by atoms with Crippen LogP contribution in [0.3, 0.4) is 0 Å². The Bertz CT molecular complexity index is 1250. The standard InChI is InChI=1S/C24H26N4O2/c1-30-23-14-26-13-21-20(23)7-8-28(24(21)29)15-17-5-6-18-10-19(27-22(18)9-17)12-25-11-16-3-2-4-16/h5-10,13-14,16,25,27H,2-4,11-12,15H2,1H3. The van der Waals surface area contributed by atoms with Gasteiger partial charge in [0.1, 0.15) is 5.75 Å². The summed E-state index contributed by atoms with van der Waals surface area (Å²) in [6, 6.07) is 10.4. The Kier molecular flexibility index (Phi) is 5.01. The molecule has 0 unspecified atom stereocenters. The molecule has 0 atom stereocenters. The molecule has 0 amide bonds. The summed E-state index contributed by atoms with van der Waals surface area (Å²) < 4.78 is 7.04. The molecule has 0 spiro atoms. The molecule has 1 saturated carbocycles. The number of nitrogens with zero attached hydrogens (tertiary/aromatic N) is 2. The lowest BCUT2D eigenvalue weighted by atomic mass is 9.85. The van der Waals surface area contributed by atoms with Gasteiger partial charge in [-0.1, -0.05) is 18.6 Å². The van der Waals surface area contributed by atoms with Gasteiger partial charge < -0.3 is 19.6 Å². The lowest BCUT2D eigenvalue weighted by molar-refractivity contribution is 0.301. The van der Waals surface area contributed by atoms with Crippen LogP contribution in [0.2, 0.25) is 0 Å². The molecule has 6 nitrogen and oxygen atoms in total. The Morgan fingerprint density at radius 3 is 2.90 bits per heavy atom. The number of fused-ring (bicyclic) bond motifs is 2. The van der Waals surface area contributed by atoms with E-state index in [9.17, 15) is 4.79 Å². The third kappa shape index (κ3) is 3.59. The van der Waals surface area contributed by atoms with Crippen LogP contribution in [-0.4, -0.2) is 28.2 Å². The van der Waals surface area contributed by atoms with Crippen LogP contribution >= 0.6 is 0 Å². The number of hydrogen-bond acceptors (Lipinski definition) is 4. The summed E-state index contributed by atoms with van der Waals surface area (Å²) in [7, 11) is 1.59. The second-order valence-electron chi connectivity index (χ2n) is 8.20. The van der Waals surface area contributed by atoms with Crippen LogP contribution in [0, 0.1) is 5.92 Å². The van der Waals surface area contributed by atoms with Crippen molar-refractivity contribution in [3.8, 4) is 5.75 Å². The lowest BCUT2D eigenvalue weighted by Crippen LogP contribution is -2.26. The number of aromatic amines is 1. The molecule has 3 aromatic heterocycles. The largest absolute Gasteiger partial charge is 0.494 e. The highest BCUT2D eigenvalue weighted by Crippen LogP contribution is 2.25. The van der Waals surface area contributed by atoms with Crippen LogP contribution in [0.25, 0.3) is 21.7 Å². The summed E-state index contributed by atoms with van der Waals surface area (Å²) in [4.78, 5) is 20.6. The molecule has 0 radical (unpaired) electrons. The van der Waals surface area contributed by atoms with E-state index in [0.29, 0.717) is 17.7 Å². The SMILES string of the molecule is COc1cncc2c(=O)n(Cc3ccc4cc(CNCC5CCC5)[nH]c4c3)ccc12. The fraction of sp³-hybridized carbons (Fsp3) is 0.333. The normalized spacial score (nSPS) is 14.3. The minimum atomic E-state index is -0.0635. The number of pyridine rings is 2. The third-order valence-electron chi connectivity index (χ3n) is 6.15. The van der Waals surface area contributed by atoms with Gasteiger partial charge in [-0.05, 0) is 54.5 Å². The molecule has 1 aliphatic carbocycles. The predicted molar refractivity (Wildman–Crippen MR) is 119 cm³/mol. The molecule has 6 heteroatoms. The zero-order chi connectivity index (χ0) is 20.5. The van der Waals surface area contributed by atoms with Crippen molar-refractivity contribution >= 4 is 21.7 Å². The van der Waals surface area contributed by atoms with E-state index in [1.807, 2.05) is 12.3 Å². The molecule has 1 fully saturated rings. The number of methoxy groups -OCH3 is 1. The van der Waals surface area contributed by atoms with E-state index in [2.05, 4.69) is 39.6 Å². The minimum Gasteiger partial charge on any atom is -0.494 e. The number of rotatable bonds is 7.